The zero-order chi connectivity index (χ0) is 12.9. The van der Waals surface area contributed by atoms with Crippen molar-refractivity contribution in [3.05, 3.63) is 47.2 Å². The number of benzene rings is 1. The zero-order valence-electron chi connectivity index (χ0n) is 9.52. The number of furan rings is 1. The molecule has 4 heteroatoms. The molecular formula is C14H8O4. The third kappa shape index (κ3) is 1.29. The number of hydrogen-bond donors (Lipinski definition) is 0. The Morgan fingerprint density at radius 3 is 2.28 bits per heavy atom. The van der Waals surface area contributed by atoms with Gasteiger partial charge in [0.05, 0.1) is 5.56 Å². The fraction of sp³-hybridized carbons (Fsp3) is 0.0714. The molecule has 0 spiro atoms. The summed E-state index contributed by atoms with van der Waals surface area (Å²) in [5, 5.41) is 0. The van der Waals surface area contributed by atoms with E-state index in [1.165, 1.54) is 13.0 Å². The van der Waals surface area contributed by atoms with E-state index in [-0.39, 0.29) is 17.1 Å². The summed E-state index contributed by atoms with van der Waals surface area (Å²) in [6.07, 6.45) is 0. The van der Waals surface area contributed by atoms with Gasteiger partial charge in [-0.2, -0.15) is 0 Å². The smallest absolute Gasteiger partial charge is 0.237 e. The Bertz CT molecular complexity index is 706. The first-order chi connectivity index (χ1) is 8.59. The molecule has 4 nitrogen and oxygen atoms in total. The van der Waals surface area contributed by atoms with Crippen LogP contribution in [0.3, 0.4) is 0 Å². The minimum absolute atomic E-state index is 0.0952. The molecule has 0 amide bonds. The van der Waals surface area contributed by atoms with Crippen molar-refractivity contribution >= 4 is 17.3 Å². The number of Topliss-reactive ketones (excluding diaryl/α,β-unsaturated/α-hetero) is 3. The van der Waals surface area contributed by atoms with E-state index in [4.69, 9.17) is 4.42 Å². The summed E-state index contributed by atoms with van der Waals surface area (Å²) in [5.74, 6) is -1.06. The molecule has 1 aliphatic carbocycles. The number of hydrogen-bond acceptors (Lipinski definition) is 4. The lowest BCUT2D eigenvalue weighted by molar-refractivity contribution is 0.0814. The summed E-state index contributed by atoms with van der Waals surface area (Å²) in [4.78, 5) is 35.1. The van der Waals surface area contributed by atoms with Crippen LogP contribution < -0.4 is 0 Å². The fourth-order valence-electron chi connectivity index (χ4n) is 2.06. The minimum atomic E-state index is -0.625. The molecule has 0 fully saturated rings. The molecule has 1 heterocycles. The molecule has 0 unspecified atom stereocenters. The molecule has 0 atom stereocenters. The Balaban J connectivity index is 2.34. The second-order valence-corrected chi connectivity index (χ2v) is 4.11. The standard InChI is InChI=1S/C14H8O4/c1-7(15)11-6-10-13(17)12(16)8-4-2-3-5-9(8)14(10)18-11/h2-6H,1H3. The van der Waals surface area contributed by atoms with Gasteiger partial charge < -0.3 is 4.42 Å². The number of ketones is 3. The van der Waals surface area contributed by atoms with Crippen LogP contribution in [-0.2, 0) is 0 Å². The average molecular weight is 240 g/mol. The molecular weight excluding hydrogens is 232 g/mol. The highest BCUT2D eigenvalue weighted by atomic mass is 16.3. The summed E-state index contributed by atoms with van der Waals surface area (Å²) in [6.45, 7) is 1.35. The van der Waals surface area contributed by atoms with Crippen molar-refractivity contribution in [2.75, 3.05) is 0 Å². The van der Waals surface area contributed by atoms with E-state index in [9.17, 15) is 14.4 Å². The number of carbonyl (C=O) groups excluding carboxylic acids is 3. The van der Waals surface area contributed by atoms with Crippen LogP contribution in [0.25, 0.3) is 11.3 Å². The molecule has 0 N–H and O–H groups in total. The van der Waals surface area contributed by atoms with Crippen LogP contribution in [-0.4, -0.2) is 17.3 Å². The molecule has 1 aliphatic rings. The summed E-state index contributed by atoms with van der Waals surface area (Å²) in [6, 6.07) is 8.06. The SMILES string of the molecule is CC(=O)c1cc2c(o1)-c1ccccc1C(=O)C2=O. The van der Waals surface area contributed by atoms with Gasteiger partial charge in [0, 0.05) is 18.1 Å². The van der Waals surface area contributed by atoms with Gasteiger partial charge in [0.25, 0.3) is 0 Å². The molecule has 0 saturated heterocycles. The summed E-state index contributed by atoms with van der Waals surface area (Å²) >= 11 is 0. The van der Waals surface area contributed by atoms with Gasteiger partial charge in [-0.05, 0) is 6.07 Å². The van der Waals surface area contributed by atoms with Crippen molar-refractivity contribution in [3.8, 4) is 11.3 Å². The van der Waals surface area contributed by atoms with E-state index < -0.39 is 11.6 Å². The van der Waals surface area contributed by atoms with Gasteiger partial charge in [-0.15, -0.1) is 0 Å². The topological polar surface area (TPSA) is 64.3 Å². The van der Waals surface area contributed by atoms with Crippen molar-refractivity contribution < 1.29 is 18.8 Å². The van der Waals surface area contributed by atoms with E-state index in [1.54, 1.807) is 24.3 Å². The van der Waals surface area contributed by atoms with E-state index in [1.807, 2.05) is 0 Å². The predicted molar refractivity (Wildman–Crippen MR) is 62.8 cm³/mol. The maximum atomic E-state index is 11.9. The van der Waals surface area contributed by atoms with Crippen LogP contribution in [0.2, 0.25) is 0 Å². The Hall–Kier alpha value is -2.49. The third-order valence-electron chi connectivity index (χ3n) is 2.95. The zero-order valence-corrected chi connectivity index (χ0v) is 9.52. The summed E-state index contributed by atoms with van der Waals surface area (Å²) in [5.41, 5.74) is 1.05. The van der Waals surface area contributed by atoms with Crippen LogP contribution in [0.15, 0.2) is 34.7 Å². The lowest BCUT2D eigenvalue weighted by atomic mass is 9.89. The normalized spacial score (nSPS) is 13.2. The molecule has 3 rings (SSSR count). The van der Waals surface area contributed by atoms with E-state index in [0.717, 1.165) is 0 Å². The first-order valence-corrected chi connectivity index (χ1v) is 5.43. The first kappa shape index (κ1) is 10.7. The van der Waals surface area contributed by atoms with Crippen LogP contribution in [0.4, 0.5) is 0 Å². The van der Waals surface area contributed by atoms with Crippen LogP contribution in [0.1, 0.15) is 38.2 Å². The molecule has 1 aromatic carbocycles. The largest absolute Gasteiger partial charge is 0.452 e. The summed E-state index contributed by atoms with van der Waals surface area (Å²) in [7, 11) is 0. The van der Waals surface area contributed by atoms with Gasteiger partial charge in [0.2, 0.25) is 11.6 Å². The Morgan fingerprint density at radius 2 is 1.61 bits per heavy atom. The molecule has 2 aromatic rings. The van der Waals surface area contributed by atoms with Crippen LogP contribution in [0, 0.1) is 0 Å². The lowest BCUT2D eigenvalue weighted by Crippen LogP contribution is -2.19. The van der Waals surface area contributed by atoms with E-state index in [2.05, 4.69) is 0 Å². The number of carbonyl (C=O) groups is 3. The summed E-state index contributed by atoms with van der Waals surface area (Å²) < 4.78 is 5.39. The molecule has 0 aliphatic heterocycles. The Labute approximate surface area is 102 Å². The molecule has 1 aromatic heterocycles. The second kappa shape index (κ2) is 3.50. The van der Waals surface area contributed by atoms with Crippen LogP contribution >= 0.6 is 0 Å². The van der Waals surface area contributed by atoms with Gasteiger partial charge in [-0.1, -0.05) is 24.3 Å². The lowest BCUT2D eigenvalue weighted by Gasteiger charge is -2.11. The van der Waals surface area contributed by atoms with Gasteiger partial charge in [-0.25, -0.2) is 0 Å². The van der Waals surface area contributed by atoms with Crippen molar-refractivity contribution in [2.45, 2.75) is 6.92 Å². The number of fused-ring (bicyclic) bond motifs is 3. The fourth-order valence-corrected chi connectivity index (χ4v) is 2.06. The molecule has 0 radical (unpaired) electrons. The molecule has 18 heavy (non-hydrogen) atoms. The maximum absolute atomic E-state index is 11.9. The van der Waals surface area contributed by atoms with Crippen LogP contribution in [0.5, 0.6) is 0 Å². The van der Waals surface area contributed by atoms with Gasteiger partial charge in [0.1, 0.15) is 5.76 Å². The van der Waals surface area contributed by atoms with Gasteiger partial charge in [0.15, 0.2) is 11.5 Å². The monoisotopic (exact) mass is 240 g/mol. The predicted octanol–water partition coefficient (Wildman–Crippen LogP) is 2.53. The minimum Gasteiger partial charge on any atom is -0.452 e. The molecule has 0 saturated carbocycles. The number of rotatable bonds is 1. The van der Waals surface area contributed by atoms with Crippen molar-refractivity contribution in [1.82, 2.24) is 0 Å². The molecule has 88 valence electrons. The highest BCUT2D eigenvalue weighted by Crippen LogP contribution is 2.35. The van der Waals surface area contributed by atoms with Crippen molar-refractivity contribution in [1.29, 1.82) is 0 Å². The van der Waals surface area contributed by atoms with E-state index >= 15 is 0 Å². The van der Waals surface area contributed by atoms with Gasteiger partial charge >= 0.3 is 0 Å². The van der Waals surface area contributed by atoms with Gasteiger partial charge in [-0.3, -0.25) is 14.4 Å². The Morgan fingerprint density at radius 1 is 1.00 bits per heavy atom. The Kier molecular flexibility index (Phi) is 2.07. The van der Waals surface area contributed by atoms with Crippen molar-refractivity contribution in [3.63, 3.8) is 0 Å². The second-order valence-electron chi connectivity index (χ2n) is 4.11. The van der Waals surface area contributed by atoms with E-state index in [0.29, 0.717) is 16.9 Å². The third-order valence-corrected chi connectivity index (χ3v) is 2.95. The van der Waals surface area contributed by atoms with Crippen molar-refractivity contribution in [2.24, 2.45) is 0 Å². The maximum Gasteiger partial charge on any atom is 0.237 e. The quantitative estimate of drug-likeness (QED) is 0.567. The average Bonchev–Trinajstić information content (AvgIpc) is 2.81. The highest BCUT2D eigenvalue weighted by molar-refractivity contribution is 6.52. The highest BCUT2D eigenvalue weighted by Gasteiger charge is 2.33. The first-order valence-electron chi connectivity index (χ1n) is 5.43. The molecule has 0 bridgehead atoms.